The SMILES string of the molecule is N#CN1CCCN(C#N)N1C#N. The van der Waals surface area contributed by atoms with Gasteiger partial charge in [-0.3, -0.25) is 0 Å². The average Bonchev–Trinajstić information content (AvgIpc) is 2.16. The molecule has 1 rings (SSSR count). The maximum Gasteiger partial charge on any atom is 0.223 e. The van der Waals surface area contributed by atoms with Gasteiger partial charge in [0, 0.05) is 0 Å². The number of hydrogen-bond acceptors (Lipinski definition) is 6. The first kappa shape index (κ1) is 7.97. The van der Waals surface area contributed by atoms with Crippen LogP contribution in [0.2, 0.25) is 0 Å². The molecule has 0 atom stereocenters. The molecule has 6 nitrogen and oxygen atoms in total. The molecule has 1 fully saturated rings. The lowest BCUT2D eigenvalue weighted by atomic mass is 10.4. The van der Waals surface area contributed by atoms with Gasteiger partial charge in [-0.2, -0.15) is 25.8 Å². The number of hydrazine groups is 2. The summed E-state index contributed by atoms with van der Waals surface area (Å²) in [6.45, 7) is 0.977. The largest absolute Gasteiger partial charge is 0.223 e. The summed E-state index contributed by atoms with van der Waals surface area (Å²) in [5, 5.41) is 28.9. The van der Waals surface area contributed by atoms with E-state index in [1.807, 2.05) is 12.4 Å². The lowest BCUT2D eigenvalue weighted by Gasteiger charge is -2.35. The number of nitriles is 3. The zero-order chi connectivity index (χ0) is 8.97. The molecule has 6 heteroatoms. The molecular weight excluding hydrogens is 156 g/mol. The molecular formula is C6H6N6. The Hall–Kier alpha value is -2.13. The summed E-state index contributed by atoms with van der Waals surface area (Å²) in [7, 11) is 0. The van der Waals surface area contributed by atoms with Gasteiger partial charge in [0.05, 0.1) is 13.1 Å². The van der Waals surface area contributed by atoms with E-state index >= 15 is 0 Å². The van der Waals surface area contributed by atoms with Crippen molar-refractivity contribution >= 4 is 0 Å². The van der Waals surface area contributed by atoms with Crippen LogP contribution in [0, 0.1) is 34.4 Å². The smallest absolute Gasteiger partial charge is 0.191 e. The molecule has 0 aromatic heterocycles. The summed E-state index contributed by atoms with van der Waals surface area (Å²) >= 11 is 0. The van der Waals surface area contributed by atoms with Crippen LogP contribution in [-0.4, -0.2) is 28.2 Å². The Morgan fingerprint density at radius 1 is 0.833 bits per heavy atom. The lowest BCUT2D eigenvalue weighted by Crippen LogP contribution is -2.51. The first-order valence-corrected chi connectivity index (χ1v) is 3.37. The van der Waals surface area contributed by atoms with Gasteiger partial charge in [-0.15, -0.1) is 5.12 Å². The highest BCUT2D eigenvalue weighted by atomic mass is 15.9. The predicted octanol–water partition coefficient (Wildman–Crippen LogP) is -0.431. The molecule has 0 bridgehead atoms. The van der Waals surface area contributed by atoms with Crippen LogP contribution in [0.4, 0.5) is 0 Å². The molecule has 0 aromatic carbocycles. The second-order valence-electron chi connectivity index (χ2n) is 2.19. The van der Waals surface area contributed by atoms with Crippen molar-refractivity contribution in [3.05, 3.63) is 0 Å². The van der Waals surface area contributed by atoms with Crippen LogP contribution < -0.4 is 0 Å². The Balaban J connectivity index is 2.77. The first-order chi connectivity index (χ1) is 5.83. The van der Waals surface area contributed by atoms with Gasteiger partial charge in [-0.1, -0.05) is 0 Å². The summed E-state index contributed by atoms with van der Waals surface area (Å²) in [5.41, 5.74) is 0. The minimum atomic E-state index is 0.488. The molecule has 0 aromatic rings. The molecule has 0 unspecified atom stereocenters. The molecule has 1 aliphatic heterocycles. The number of hydrogen-bond donors (Lipinski definition) is 0. The summed E-state index contributed by atoms with van der Waals surface area (Å²) in [6.07, 6.45) is 6.08. The van der Waals surface area contributed by atoms with Crippen molar-refractivity contribution in [2.45, 2.75) is 6.42 Å². The predicted molar refractivity (Wildman–Crippen MR) is 36.7 cm³/mol. The number of nitrogens with zero attached hydrogens (tertiary/aromatic N) is 6. The third-order valence-corrected chi connectivity index (χ3v) is 1.52. The molecule has 0 aliphatic carbocycles. The third kappa shape index (κ3) is 1.16. The Labute approximate surface area is 70.0 Å². The third-order valence-electron chi connectivity index (χ3n) is 1.52. The van der Waals surface area contributed by atoms with E-state index in [-0.39, 0.29) is 0 Å². The van der Waals surface area contributed by atoms with Crippen LogP contribution in [0.1, 0.15) is 6.42 Å². The quantitative estimate of drug-likeness (QED) is 0.449. The van der Waals surface area contributed by atoms with Crippen LogP contribution in [0.5, 0.6) is 0 Å². The van der Waals surface area contributed by atoms with Crippen LogP contribution in [0.15, 0.2) is 0 Å². The maximum absolute atomic E-state index is 8.58. The van der Waals surface area contributed by atoms with E-state index in [1.54, 1.807) is 6.19 Å². The Morgan fingerprint density at radius 2 is 1.33 bits per heavy atom. The van der Waals surface area contributed by atoms with Crippen molar-refractivity contribution < 1.29 is 0 Å². The van der Waals surface area contributed by atoms with E-state index in [2.05, 4.69) is 0 Å². The molecule has 1 saturated heterocycles. The minimum Gasteiger partial charge on any atom is -0.191 e. The Morgan fingerprint density at radius 3 is 1.67 bits per heavy atom. The summed E-state index contributed by atoms with van der Waals surface area (Å²) in [4.78, 5) is 0. The molecule has 60 valence electrons. The van der Waals surface area contributed by atoms with Gasteiger partial charge in [-0.05, 0) is 6.42 Å². The van der Waals surface area contributed by atoms with Gasteiger partial charge >= 0.3 is 0 Å². The maximum atomic E-state index is 8.58. The summed E-state index contributed by atoms with van der Waals surface area (Å²) in [5.74, 6) is 0. The monoisotopic (exact) mass is 162 g/mol. The molecule has 1 heterocycles. The molecule has 0 radical (unpaired) electrons. The number of rotatable bonds is 0. The highest BCUT2D eigenvalue weighted by molar-refractivity contribution is 4.87. The fourth-order valence-electron chi connectivity index (χ4n) is 0.983. The van der Waals surface area contributed by atoms with Gasteiger partial charge in [0.2, 0.25) is 18.6 Å². The Bertz CT molecular complexity index is 256. The standard InChI is InChI=1S/C6H6N6/c7-4-10-2-1-3-11(5-8)12(10)6-9/h1-3H2. The van der Waals surface area contributed by atoms with Gasteiger partial charge in [0.1, 0.15) is 0 Å². The highest BCUT2D eigenvalue weighted by Gasteiger charge is 2.24. The van der Waals surface area contributed by atoms with Crippen molar-refractivity contribution in [2.24, 2.45) is 0 Å². The molecule has 12 heavy (non-hydrogen) atoms. The topological polar surface area (TPSA) is 81.1 Å². The van der Waals surface area contributed by atoms with Gasteiger partial charge < -0.3 is 0 Å². The fourth-order valence-corrected chi connectivity index (χ4v) is 0.983. The zero-order valence-corrected chi connectivity index (χ0v) is 6.30. The molecule has 0 amide bonds. The normalized spacial score (nSPS) is 16.2. The fraction of sp³-hybridized carbons (Fsp3) is 0.500. The van der Waals surface area contributed by atoms with E-state index in [0.717, 1.165) is 15.1 Å². The van der Waals surface area contributed by atoms with Crippen LogP contribution >= 0.6 is 0 Å². The van der Waals surface area contributed by atoms with E-state index in [1.165, 1.54) is 0 Å². The van der Waals surface area contributed by atoms with Crippen molar-refractivity contribution in [1.82, 2.24) is 15.1 Å². The van der Waals surface area contributed by atoms with E-state index in [0.29, 0.717) is 19.5 Å². The second kappa shape index (κ2) is 3.32. The van der Waals surface area contributed by atoms with Crippen LogP contribution in [0.25, 0.3) is 0 Å². The van der Waals surface area contributed by atoms with Crippen molar-refractivity contribution in [3.8, 4) is 18.6 Å². The molecule has 0 spiro atoms. The summed E-state index contributed by atoms with van der Waals surface area (Å²) in [6, 6.07) is 0. The molecule has 1 aliphatic rings. The Kier molecular flexibility index (Phi) is 2.20. The lowest BCUT2D eigenvalue weighted by molar-refractivity contribution is -0.0972. The molecule has 0 N–H and O–H groups in total. The molecule has 0 saturated carbocycles. The first-order valence-electron chi connectivity index (χ1n) is 3.37. The van der Waals surface area contributed by atoms with Gasteiger partial charge in [0.15, 0.2) is 0 Å². The van der Waals surface area contributed by atoms with Gasteiger partial charge in [0.25, 0.3) is 0 Å². The van der Waals surface area contributed by atoms with Crippen molar-refractivity contribution in [2.75, 3.05) is 13.1 Å². The van der Waals surface area contributed by atoms with Crippen LogP contribution in [-0.2, 0) is 0 Å². The van der Waals surface area contributed by atoms with E-state index < -0.39 is 0 Å². The zero-order valence-electron chi connectivity index (χ0n) is 6.30. The van der Waals surface area contributed by atoms with Crippen LogP contribution in [0.3, 0.4) is 0 Å². The van der Waals surface area contributed by atoms with Crippen molar-refractivity contribution in [3.63, 3.8) is 0 Å². The van der Waals surface area contributed by atoms with Crippen molar-refractivity contribution in [1.29, 1.82) is 15.8 Å². The summed E-state index contributed by atoms with van der Waals surface area (Å²) < 4.78 is 0. The van der Waals surface area contributed by atoms with E-state index in [4.69, 9.17) is 15.8 Å². The highest BCUT2D eigenvalue weighted by Crippen LogP contribution is 2.08. The average molecular weight is 162 g/mol. The van der Waals surface area contributed by atoms with E-state index in [9.17, 15) is 0 Å². The van der Waals surface area contributed by atoms with Gasteiger partial charge in [-0.25, -0.2) is 0 Å². The minimum absolute atomic E-state index is 0.488. The second-order valence-corrected chi connectivity index (χ2v) is 2.19.